The maximum absolute atomic E-state index is 12.2. The van der Waals surface area contributed by atoms with Crippen molar-refractivity contribution in [3.05, 3.63) is 52.7 Å². The highest BCUT2D eigenvalue weighted by molar-refractivity contribution is 7.13. The lowest BCUT2D eigenvalue weighted by molar-refractivity contribution is -0.130. The number of carbonyl (C=O) groups is 1. The number of aryl methyl sites for hydroxylation is 1. The number of rotatable bonds is 9. The van der Waals surface area contributed by atoms with Crippen LogP contribution in [0.2, 0.25) is 5.02 Å². The molecule has 0 saturated carbocycles. The molecule has 2 heterocycles. The molecule has 1 amide bonds. The maximum atomic E-state index is 12.2. The first kappa shape index (κ1) is 19.4. The molecule has 0 atom stereocenters. The molecule has 0 saturated heterocycles. The number of benzene rings is 1. The van der Waals surface area contributed by atoms with Crippen molar-refractivity contribution in [2.75, 3.05) is 20.2 Å². The van der Waals surface area contributed by atoms with Gasteiger partial charge in [-0.25, -0.2) is 0 Å². The number of likely N-dealkylation sites (N-methyl/N-ethyl adjacent to an activating group) is 1. The monoisotopic (exact) mass is 405 g/mol. The summed E-state index contributed by atoms with van der Waals surface area (Å²) in [5.74, 6) is 1.95. The highest BCUT2D eigenvalue weighted by Crippen LogP contribution is 2.21. The van der Waals surface area contributed by atoms with Gasteiger partial charge in [0.05, 0.1) is 11.4 Å². The van der Waals surface area contributed by atoms with Crippen molar-refractivity contribution in [1.29, 1.82) is 0 Å². The van der Waals surface area contributed by atoms with Gasteiger partial charge in [-0.1, -0.05) is 22.8 Å². The van der Waals surface area contributed by atoms with Gasteiger partial charge in [-0.05, 0) is 42.1 Å². The number of halogens is 1. The Balaban J connectivity index is 1.35. The van der Waals surface area contributed by atoms with Gasteiger partial charge in [0.15, 0.2) is 0 Å². The second kappa shape index (κ2) is 9.53. The fraction of sp³-hybridized carbons (Fsp3) is 0.316. The summed E-state index contributed by atoms with van der Waals surface area (Å²) in [6.07, 6.45) is 1.67. The summed E-state index contributed by atoms with van der Waals surface area (Å²) in [6, 6.07) is 11.0. The minimum Gasteiger partial charge on any atom is -0.492 e. The summed E-state index contributed by atoms with van der Waals surface area (Å²) in [7, 11) is 1.77. The number of carbonyl (C=O) groups excluding carboxylic acids is 1. The molecule has 0 aliphatic rings. The summed E-state index contributed by atoms with van der Waals surface area (Å²) in [5.41, 5.74) is 0. The average Bonchev–Trinajstić information content (AvgIpc) is 3.34. The lowest BCUT2D eigenvalue weighted by Gasteiger charge is -2.17. The minimum absolute atomic E-state index is 0.0627. The molecule has 0 bridgehead atoms. The van der Waals surface area contributed by atoms with E-state index in [1.165, 1.54) is 0 Å². The van der Waals surface area contributed by atoms with E-state index in [9.17, 15) is 4.79 Å². The van der Waals surface area contributed by atoms with Crippen molar-refractivity contribution in [3.63, 3.8) is 0 Å². The summed E-state index contributed by atoms with van der Waals surface area (Å²) in [5, 5.41) is 6.60. The Bertz CT molecular complexity index is 849. The normalized spacial score (nSPS) is 10.7. The van der Waals surface area contributed by atoms with Crippen LogP contribution >= 0.6 is 22.9 Å². The zero-order valence-electron chi connectivity index (χ0n) is 14.9. The van der Waals surface area contributed by atoms with Crippen LogP contribution in [0.1, 0.15) is 18.7 Å². The predicted molar refractivity (Wildman–Crippen MR) is 105 cm³/mol. The van der Waals surface area contributed by atoms with Crippen molar-refractivity contribution in [2.24, 2.45) is 0 Å². The Labute approximate surface area is 166 Å². The van der Waals surface area contributed by atoms with Gasteiger partial charge >= 0.3 is 0 Å². The molecule has 0 unspecified atom stereocenters. The van der Waals surface area contributed by atoms with Crippen LogP contribution < -0.4 is 4.74 Å². The van der Waals surface area contributed by atoms with Gasteiger partial charge < -0.3 is 14.2 Å². The molecule has 0 aliphatic heterocycles. The van der Waals surface area contributed by atoms with E-state index in [-0.39, 0.29) is 5.91 Å². The van der Waals surface area contributed by atoms with E-state index in [2.05, 4.69) is 10.1 Å². The fourth-order valence-electron chi connectivity index (χ4n) is 2.40. The summed E-state index contributed by atoms with van der Waals surface area (Å²) >= 11 is 7.40. The third kappa shape index (κ3) is 5.80. The standard InChI is InChI=1S/C19H20ClN3O3S/c1-23(11-12-25-15-9-7-14(20)8-10-15)18(24)6-2-5-17-21-19(22-26-17)16-4-3-13-27-16/h3-4,7-10,13H,2,5-6,11-12H2,1H3. The number of hydrogen-bond donors (Lipinski definition) is 0. The average molecular weight is 406 g/mol. The highest BCUT2D eigenvalue weighted by Gasteiger charge is 2.12. The molecule has 0 N–H and O–H groups in total. The van der Waals surface area contributed by atoms with Gasteiger partial charge in [-0.2, -0.15) is 4.98 Å². The number of thiophene rings is 1. The summed E-state index contributed by atoms with van der Waals surface area (Å²) < 4.78 is 10.9. The third-order valence-electron chi connectivity index (χ3n) is 3.93. The molecule has 0 fully saturated rings. The van der Waals surface area contributed by atoms with Crippen LogP contribution in [0.4, 0.5) is 0 Å². The Kier molecular flexibility index (Phi) is 6.84. The van der Waals surface area contributed by atoms with Gasteiger partial charge in [0, 0.05) is 24.9 Å². The number of ether oxygens (including phenoxy) is 1. The van der Waals surface area contributed by atoms with E-state index < -0.39 is 0 Å². The molecule has 0 aliphatic carbocycles. The van der Waals surface area contributed by atoms with Crippen molar-refractivity contribution >= 4 is 28.8 Å². The number of hydrogen-bond acceptors (Lipinski definition) is 6. The molecule has 3 aromatic rings. The van der Waals surface area contributed by atoms with Crippen LogP contribution in [0.5, 0.6) is 5.75 Å². The van der Waals surface area contributed by atoms with Crippen LogP contribution in [-0.2, 0) is 11.2 Å². The quantitative estimate of drug-likeness (QED) is 0.530. The SMILES string of the molecule is CN(CCOc1ccc(Cl)cc1)C(=O)CCCc1nc(-c2cccs2)no1. The van der Waals surface area contributed by atoms with E-state index in [1.54, 1.807) is 47.5 Å². The van der Waals surface area contributed by atoms with Crippen LogP contribution in [0, 0.1) is 0 Å². The lowest BCUT2D eigenvalue weighted by Crippen LogP contribution is -2.30. The highest BCUT2D eigenvalue weighted by atomic mass is 35.5. The van der Waals surface area contributed by atoms with Crippen LogP contribution in [0.3, 0.4) is 0 Å². The molecule has 1 aromatic carbocycles. The molecular formula is C19H20ClN3O3S. The predicted octanol–water partition coefficient (Wildman–Crippen LogP) is 4.31. The minimum atomic E-state index is 0.0627. The molecule has 6 nitrogen and oxygen atoms in total. The summed E-state index contributed by atoms with van der Waals surface area (Å²) in [6.45, 7) is 0.947. The molecule has 8 heteroatoms. The van der Waals surface area contributed by atoms with Gasteiger partial charge in [-0.3, -0.25) is 4.79 Å². The van der Waals surface area contributed by atoms with E-state index in [1.807, 2.05) is 17.5 Å². The molecule has 3 rings (SSSR count). The van der Waals surface area contributed by atoms with Crippen molar-refractivity contribution < 1.29 is 14.1 Å². The van der Waals surface area contributed by atoms with Gasteiger partial charge in [0.2, 0.25) is 17.6 Å². The van der Waals surface area contributed by atoms with Gasteiger partial charge in [-0.15, -0.1) is 11.3 Å². The van der Waals surface area contributed by atoms with E-state index in [4.69, 9.17) is 20.9 Å². The zero-order chi connectivity index (χ0) is 19.1. The number of nitrogens with zero attached hydrogens (tertiary/aromatic N) is 3. The molecule has 27 heavy (non-hydrogen) atoms. The fourth-order valence-corrected chi connectivity index (χ4v) is 3.18. The number of amides is 1. The van der Waals surface area contributed by atoms with Crippen LogP contribution in [0.25, 0.3) is 10.7 Å². The first-order valence-corrected chi connectivity index (χ1v) is 9.86. The molecular weight excluding hydrogens is 386 g/mol. The third-order valence-corrected chi connectivity index (χ3v) is 5.04. The Morgan fingerprint density at radius 2 is 2.11 bits per heavy atom. The Hall–Kier alpha value is -2.38. The van der Waals surface area contributed by atoms with Crippen molar-refractivity contribution in [1.82, 2.24) is 15.0 Å². The van der Waals surface area contributed by atoms with E-state index >= 15 is 0 Å². The first-order chi connectivity index (χ1) is 13.1. The Morgan fingerprint density at radius 1 is 1.30 bits per heavy atom. The van der Waals surface area contributed by atoms with Gasteiger partial charge in [0.1, 0.15) is 12.4 Å². The van der Waals surface area contributed by atoms with Crippen LogP contribution in [-0.4, -0.2) is 41.1 Å². The largest absolute Gasteiger partial charge is 0.492 e. The summed E-state index contributed by atoms with van der Waals surface area (Å²) in [4.78, 5) is 19.2. The van der Waals surface area contributed by atoms with Crippen LogP contribution in [0.15, 0.2) is 46.3 Å². The van der Waals surface area contributed by atoms with Crippen molar-refractivity contribution in [2.45, 2.75) is 19.3 Å². The lowest BCUT2D eigenvalue weighted by atomic mass is 10.2. The van der Waals surface area contributed by atoms with Gasteiger partial charge in [0.25, 0.3) is 0 Å². The van der Waals surface area contributed by atoms with E-state index in [0.717, 1.165) is 10.6 Å². The zero-order valence-corrected chi connectivity index (χ0v) is 16.5. The Morgan fingerprint density at radius 3 is 2.85 bits per heavy atom. The topological polar surface area (TPSA) is 68.5 Å². The molecule has 142 valence electrons. The molecule has 0 radical (unpaired) electrons. The molecule has 2 aromatic heterocycles. The first-order valence-electron chi connectivity index (χ1n) is 8.60. The number of aromatic nitrogens is 2. The second-order valence-corrected chi connectivity index (χ2v) is 7.34. The second-order valence-electron chi connectivity index (χ2n) is 5.96. The maximum Gasteiger partial charge on any atom is 0.226 e. The molecule has 0 spiro atoms. The van der Waals surface area contributed by atoms with E-state index in [0.29, 0.717) is 49.2 Å². The van der Waals surface area contributed by atoms with Crippen molar-refractivity contribution in [3.8, 4) is 16.5 Å². The smallest absolute Gasteiger partial charge is 0.226 e.